The number of nitrogens with one attached hydrogen (secondary N) is 1. The maximum Gasteiger partial charge on any atom is 0.326 e. The summed E-state index contributed by atoms with van der Waals surface area (Å²) in [6.45, 7) is -0.123. The Kier molecular flexibility index (Phi) is 7.35. The molecule has 0 amide bonds. The summed E-state index contributed by atoms with van der Waals surface area (Å²) in [7, 11) is 1.33. The van der Waals surface area contributed by atoms with Crippen LogP contribution in [0, 0.1) is 5.82 Å². The largest absolute Gasteiger partial charge is 0.488 e. The molecule has 0 heterocycles. The van der Waals surface area contributed by atoms with Crippen LogP contribution in [0.15, 0.2) is 115 Å². The Morgan fingerprint density at radius 2 is 1.21 bits per heavy atom. The number of benzene rings is 4. The molecule has 0 spiro atoms. The van der Waals surface area contributed by atoms with Crippen molar-refractivity contribution in [1.82, 2.24) is 5.32 Å². The monoisotopic (exact) mass is 455 g/mol. The van der Waals surface area contributed by atoms with Crippen molar-refractivity contribution >= 4 is 5.97 Å². The standard InChI is InChI=1S/C29H26FNO3/c1-33-28(32)26(21-34-27-20-12-11-19-25(27)30)31-29(22-13-5-2-6-14-22,23-15-7-3-8-16-23)24-17-9-4-10-18-24/h2-20,26,31H,21H2,1H3. The molecule has 1 atom stereocenters. The number of hydrogen-bond donors (Lipinski definition) is 1. The Morgan fingerprint density at radius 3 is 1.65 bits per heavy atom. The molecule has 34 heavy (non-hydrogen) atoms. The van der Waals surface area contributed by atoms with Crippen molar-refractivity contribution in [1.29, 1.82) is 0 Å². The van der Waals surface area contributed by atoms with E-state index in [1.54, 1.807) is 12.1 Å². The molecule has 0 aliphatic heterocycles. The highest BCUT2D eigenvalue weighted by atomic mass is 19.1. The zero-order valence-corrected chi connectivity index (χ0v) is 18.9. The van der Waals surface area contributed by atoms with E-state index in [1.165, 1.54) is 19.2 Å². The lowest BCUT2D eigenvalue weighted by molar-refractivity contribution is -0.144. The van der Waals surface area contributed by atoms with Crippen LogP contribution in [0.2, 0.25) is 0 Å². The summed E-state index contributed by atoms with van der Waals surface area (Å²) in [5, 5.41) is 3.53. The van der Waals surface area contributed by atoms with E-state index in [2.05, 4.69) is 5.32 Å². The first kappa shape index (κ1) is 23.2. The van der Waals surface area contributed by atoms with E-state index in [1.807, 2.05) is 91.0 Å². The van der Waals surface area contributed by atoms with Gasteiger partial charge in [-0.1, -0.05) is 103 Å². The molecule has 5 heteroatoms. The summed E-state index contributed by atoms with van der Waals surface area (Å²) in [4.78, 5) is 12.9. The molecule has 0 bridgehead atoms. The predicted molar refractivity (Wildman–Crippen MR) is 130 cm³/mol. The van der Waals surface area contributed by atoms with Crippen LogP contribution in [0.4, 0.5) is 4.39 Å². The second-order valence-corrected chi connectivity index (χ2v) is 7.81. The smallest absolute Gasteiger partial charge is 0.326 e. The average Bonchev–Trinajstić information content (AvgIpc) is 2.91. The number of para-hydroxylation sites is 1. The fourth-order valence-electron chi connectivity index (χ4n) is 4.12. The van der Waals surface area contributed by atoms with E-state index in [-0.39, 0.29) is 12.4 Å². The van der Waals surface area contributed by atoms with Crippen molar-refractivity contribution < 1.29 is 18.7 Å². The molecule has 4 nitrogen and oxygen atoms in total. The Balaban J connectivity index is 1.83. The molecule has 4 aromatic rings. The van der Waals surface area contributed by atoms with Gasteiger partial charge in [0.2, 0.25) is 0 Å². The van der Waals surface area contributed by atoms with E-state index < -0.39 is 23.4 Å². The second kappa shape index (κ2) is 10.8. The number of carbonyl (C=O) groups is 1. The van der Waals surface area contributed by atoms with Gasteiger partial charge < -0.3 is 9.47 Å². The number of halogens is 1. The van der Waals surface area contributed by atoms with Gasteiger partial charge in [0.15, 0.2) is 11.6 Å². The van der Waals surface area contributed by atoms with E-state index >= 15 is 0 Å². The second-order valence-electron chi connectivity index (χ2n) is 7.81. The fraction of sp³-hybridized carbons (Fsp3) is 0.138. The first-order chi connectivity index (χ1) is 16.6. The summed E-state index contributed by atoms with van der Waals surface area (Å²) < 4.78 is 25.0. The minimum absolute atomic E-state index is 0.0722. The van der Waals surface area contributed by atoms with Crippen molar-refractivity contribution in [3.05, 3.63) is 138 Å². The Labute approximate surface area is 199 Å². The highest BCUT2D eigenvalue weighted by Crippen LogP contribution is 2.37. The van der Waals surface area contributed by atoms with Gasteiger partial charge in [-0.15, -0.1) is 0 Å². The molecule has 0 fully saturated rings. The zero-order valence-electron chi connectivity index (χ0n) is 18.9. The van der Waals surface area contributed by atoms with E-state index in [4.69, 9.17) is 9.47 Å². The van der Waals surface area contributed by atoms with Gasteiger partial charge >= 0.3 is 5.97 Å². The topological polar surface area (TPSA) is 47.6 Å². The van der Waals surface area contributed by atoms with Crippen molar-refractivity contribution in [3.8, 4) is 5.75 Å². The van der Waals surface area contributed by atoms with Crippen LogP contribution in [0.3, 0.4) is 0 Å². The Hall–Kier alpha value is -3.96. The summed E-state index contributed by atoms with van der Waals surface area (Å²) in [6, 6.07) is 34.9. The third-order valence-corrected chi connectivity index (χ3v) is 5.74. The first-order valence-corrected chi connectivity index (χ1v) is 11.0. The SMILES string of the molecule is COC(=O)C(COc1ccccc1F)NC(c1ccccc1)(c1ccccc1)c1ccccc1. The van der Waals surface area contributed by atoms with Crippen LogP contribution < -0.4 is 10.1 Å². The average molecular weight is 456 g/mol. The third-order valence-electron chi connectivity index (χ3n) is 5.74. The van der Waals surface area contributed by atoms with E-state index in [0.717, 1.165) is 16.7 Å². The van der Waals surface area contributed by atoms with Gasteiger partial charge in [0.1, 0.15) is 12.6 Å². The first-order valence-electron chi connectivity index (χ1n) is 11.0. The molecule has 1 unspecified atom stereocenters. The number of ether oxygens (including phenoxy) is 2. The fourth-order valence-corrected chi connectivity index (χ4v) is 4.12. The Morgan fingerprint density at radius 1 is 0.765 bits per heavy atom. The van der Waals surface area contributed by atoms with Crippen LogP contribution in [-0.2, 0) is 15.1 Å². The van der Waals surface area contributed by atoms with E-state index in [9.17, 15) is 9.18 Å². The van der Waals surface area contributed by atoms with Crippen molar-refractivity contribution in [2.24, 2.45) is 0 Å². The highest BCUT2D eigenvalue weighted by Gasteiger charge is 2.40. The molecule has 172 valence electrons. The predicted octanol–water partition coefficient (Wildman–Crippen LogP) is 5.33. The Bertz CT molecular complexity index is 1100. The van der Waals surface area contributed by atoms with Crippen LogP contribution in [0.5, 0.6) is 5.75 Å². The molecule has 0 saturated carbocycles. The molecule has 4 aromatic carbocycles. The normalized spacial score (nSPS) is 12.1. The molecule has 0 aromatic heterocycles. The lowest BCUT2D eigenvalue weighted by Crippen LogP contribution is -2.55. The maximum absolute atomic E-state index is 14.2. The molecular weight excluding hydrogens is 429 g/mol. The molecule has 0 saturated heterocycles. The van der Waals surface area contributed by atoms with Gasteiger partial charge in [-0.05, 0) is 28.8 Å². The summed E-state index contributed by atoms with van der Waals surface area (Å²) in [6.07, 6.45) is 0. The molecule has 0 aliphatic carbocycles. The van der Waals surface area contributed by atoms with Gasteiger partial charge in [-0.3, -0.25) is 10.1 Å². The number of esters is 1. The van der Waals surface area contributed by atoms with Crippen LogP contribution in [0.25, 0.3) is 0 Å². The van der Waals surface area contributed by atoms with Crippen LogP contribution in [0.1, 0.15) is 16.7 Å². The minimum Gasteiger partial charge on any atom is -0.488 e. The molecule has 0 radical (unpaired) electrons. The lowest BCUT2D eigenvalue weighted by atomic mass is 9.76. The quantitative estimate of drug-likeness (QED) is 0.274. The highest BCUT2D eigenvalue weighted by molar-refractivity contribution is 5.76. The maximum atomic E-state index is 14.2. The molecular formula is C29H26FNO3. The number of methoxy groups -OCH3 is 1. The molecule has 0 aliphatic rings. The summed E-state index contributed by atoms with van der Waals surface area (Å²) in [5.74, 6) is -0.932. The minimum atomic E-state index is -0.902. The van der Waals surface area contributed by atoms with Crippen molar-refractivity contribution in [3.63, 3.8) is 0 Å². The van der Waals surface area contributed by atoms with Gasteiger partial charge in [-0.25, -0.2) is 4.39 Å². The summed E-state index contributed by atoms with van der Waals surface area (Å²) in [5.41, 5.74) is 1.91. The van der Waals surface area contributed by atoms with Crippen LogP contribution >= 0.6 is 0 Å². The number of carbonyl (C=O) groups excluding carboxylic acids is 1. The molecule has 4 rings (SSSR count). The molecule has 1 N–H and O–H groups in total. The lowest BCUT2D eigenvalue weighted by Gasteiger charge is -2.39. The van der Waals surface area contributed by atoms with Gasteiger partial charge in [-0.2, -0.15) is 0 Å². The van der Waals surface area contributed by atoms with Crippen LogP contribution in [-0.4, -0.2) is 25.7 Å². The van der Waals surface area contributed by atoms with Gasteiger partial charge in [0, 0.05) is 0 Å². The third kappa shape index (κ3) is 4.85. The van der Waals surface area contributed by atoms with Crippen molar-refractivity contribution in [2.75, 3.05) is 13.7 Å². The van der Waals surface area contributed by atoms with Gasteiger partial charge in [0.25, 0.3) is 0 Å². The summed E-state index contributed by atoms with van der Waals surface area (Å²) >= 11 is 0. The zero-order chi connectivity index (χ0) is 23.8. The van der Waals surface area contributed by atoms with Gasteiger partial charge in [0.05, 0.1) is 12.6 Å². The number of rotatable bonds is 9. The van der Waals surface area contributed by atoms with E-state index in [0.29, 0.717) is 0 Å². The number of hydrogen-bond acceptors (Lipinski definition) is 4. The van der Waals surface area contributed by atoms with Crippen molar-refractivity contribution in [2.45, 2.75) is 11.6 Å².